The van der Waals surface area contributed by atoms with Crippen LogP contribution in [0.1, 0.15) is 13.8 Å². The highest BCUT2D eigenvalue weighted by Crippen LogP contribution is 2.22. The first-order chi connectivity index (χ1) is 7.29. The van der Waals surface area contributed by atoms with Gasteiger partial charge in [0.2, 0.25) is 0 Å². The molecule has 0 heterocycles. The van der Waals surface area contributed by atoms with Crippen LogP contribution in [0, 0.1) is 0 Å². The van der Waals surface area contributed by atoms with Crippen LogP contribution in [0.15, 0.2) is 24.3 Å². The monoisotopic (exact) mass is 224 g/mol. The normalized spacial score (nSPS) is 10.3. The van der Waals surface area contributed by atoms with Crippen LogP contribution in [0.4, 0.5) is 11.4 Å². The molecule has 0 amide bonds. The number of nitrogen functional groups attached to an aromatic ring is 1. The smallest absolute Gasteiger partial charge is 0.0600 e. The van der Waals surface area contributed by atoms with Crippen molar-refractivity contribution in [3.05, 3.63) is 24.3 Å². The van der Waals surface area contributed by atoms with E-state index in [0.717, 1.165) is 24.5 Å². The van der Waals surface area contributed by atoms with Crippen molar-refractivity contribution in [2.75, 3.05) is 35.2 Å². The minimum atomic E-state index is 0.876. The predicted octanol–water partition coefficient (Wildman–Crippen LogP) is 2.85. The lowest BCUT2D eigenvalue weighted by atomic mass is 10.2. The van der Waals surface area contributed by atoms with Crippen molar-refractivity contribution in [1.82, 2.24) is 0 Å². The second-order valence-corrected chi connectivity index (χ2v) is 4.73. The fraction of sp³-hybridized carbons (Fsp3) is 0.500. The van der Waals surface area contributed by atoms with Gasteiger partial charge in [0.1, 0.15) is 0 Å². The predicted molar refractivity (Wildman–Crippen MR) is 71.7 cm³/mol. The number of rotatable bonds is 6. The molecule has 0 bridgehead atoms. The summed E-state index contributed by atoms with van der Waals surface area (Å²) in [5.74, 6) is 2.35. The summed E-state index contributed by atoms with van der Waals surface area (Å²) < 4.78 is 0. The van der Waals surface area contributed by atoms with Crippen LogP contribution >= 0.6 is 11.8 Å². The first-order valence-electron chi connectivity index (χ1n) is 5.46. The molecule has 2 N–H and O–H groups in total. The second kappa shape index (κ2) is 6.62. The van der Waals surface area contributed by atoms with Crippen LogP contribution in [0.3, 0.4) is 0 Å². The maximum Gasteiger partial charge on any atom is 0.0600 e. The highest BCUT2D eigenvalue weighted by molar-refractivity contribution is 7.99. The highest BCUT2D eigenvalue weighted by atomic mass is 32.2. The van der Waals surface area contributed by atoms with Crippen molar-refractivity contribution in [2.45, 2.75) is 13.8 Å². The Balaban J connectivity index is 2.61. The van der Waals surface area contributed by atoms with Crippen LogP contribution in [0.2, 0.25) is 0 Å². The number of nitrogens with two attached hydrogens (primary N) is 1. The summed E-state index contributed by atoms with van der Waals surface area (Å²) in [6.45, 7) is 6.45. The Morgan fingerprint density at radius 2 is 2.00 bits per heavy atom. The Kier molecular flexibility index (Phi) is 5.40. The SMILES string of the molecule is CCSCCN(CC)c1ccccc1N. The molecule has 0 aromatic heterocycles. The molecule has 0 aliphatic rings. The quantitative estimate of drug-likeness (QED) is 0.595. The van der Waals surface area contributed by atoms with E-state index in [1.54, 1.807) is 0 Å². The lowest BCUT2D eigenvalue weighted by molar-refractivity contribution is 0.874. The molecule has 0 unspecified atom stereocenters. The Morgan fingerprint density at radius 1 is 1.27 bits per heavy atom. The summed E-state index contributed by atoms with van der Waals surface area (Å²) >= 11 is 1.97. The number of benzene rings is 1. The number of anilines is 2. The van der Waals surface area contributed by atoms with Gasteiger partial charge in [-0.3, -0.25) is 0 Å². The Bertz CT molecular complexity index is 289. The Hall–Kier alpha value is -0.830. The molecule has 1 aromatic rings. The van der Waals surface area contributed by atoms with Crippen LogP contribution < -0.4 is 10.6 Å². The second-order valence-electron chi connectivity index (χ2n) is 3.34. The first kappa shape index (κ1) is 12.2. The molecular weight excluding hydrogens is 204 g/mol. The number of hydrogen-bond donors (Lipinski definition) is 1. The molecule has 15 heavy (non-hydrogen) atoms. The lowest BCUT2D eigenvalue weighted by Gasteiger charge is -2.24. The van der Waals surface area contributed by atoms with E-state index in [9.17, 15) is 0 Å². The summed E-state index contributed by atoms with van der Waals surface area (Å²) in [6, 6.07) is 8.08. The van der Waals surface area contributed by atoms with Crippen molar-refractivity contribution in [1.29, 1.82) is 0 Å². The third-order valence-electron chi connectivity index (χ3n) is 2.37. The van der Waals surface area contributed by atoms with Gasteiger partial charge >= 0.3 is 0 Å². The molecule has 0 saturated carbocycles. The third kappa shape index (κ3) is 3.67. The topological polar surface area (TPSA) is 29.3 Å². The van der Waals surface area contributed by atoms with Gasteiger partial charge in [0.15, 0.2) is 0 Å². The lowest BCUT2D eigenvalue weighted by Crippen LogP contribution is -2.26. The fourth-order valence-corrected chi connectivity index (χ4v) is 2.18. The van der Waals surface area contributed by atoms with E-state index in [2.05, 4.69) is 24.8 Å². The van der Waals surface area contributed by atoms with E-state index < -0.39 is 0 Å². The van der Waals surface area contributed by atoms with Gasteiger partial charge in [0, 0.05) is 18.8 Å². The van der Waals surface area contributed by atoms with Gasteiger partial charge in [0.05, 0.1) is 11.4 Å². The van der Waals surface area contributed by atoms with Crippen molar-refractivity contribution in [3.8, 4) is 0 Å². The molecule has 0 saturated heterocycles. The van der Waals surface area contributed by atoms with Gasteiger partial charge in [-0.2, -0.15) is 11.8 Å². The van der Waals surface area contributed by atoms with E-state index in [4.69, 9.17) is 5.73 Å². The standard InChI is InChI=1S/C12H20N2S/c1-3-14(9-10-15-4-2)12-8-6-5-7-11(12)13/h5-8H,3-4,9-10,13H2,1-2H3. The van der Waals surface area contributed by atoms with E-state index in [1.165, 1.54) is 11.5 Å². The summed E-state index contributed by atoms with van der Waals surface area (Å²) in [5.41, 5.74) is 7.99. The number of nitrogens with zero attached hydrogens (tertiary/aromatic N) is 1. The van der Waals surface area contributed by atoms with E-state index >= 15 is 0 Å². The average Bonchev–Trinajstić information content (AvgIpc) is 2.26. The van der Waals surface area contributed by atoms with Crippen molar-refractivity contribution < 1.29 is 0 Å². The molecule has 0 fully saturated rings. The number of thioether (sulfide) groups is 1. The molecule has 3 heteroatoms. The zero-order chi connectivity index (χ0) is 11.1. The minimum absolute atomic E-state index is 0.876. The molecule has 0 spiro atoms. The van der Waals surface area contributed by atoms with Crippen LogP contribution in [0.5, 0.6) is 0 Å². The molecule has 0 aliphatic heterocycles. The van der Waals surface area contributed by atoms with E-state index in [1.807, 2.05) is 30.0 Å². The fourth-order valence-electron chi connectivity index (χ4n) is 1.54. The van der Waals surface area contributed by atoms with E-state index in [-0.39, 0.29) is 0 Å². The van der Waals surface area contributed by atoms with Gasteiger partial charge in [-0.05, 0) is 24.8 Å². The van der Waals surface area contributed by atoms with Crippen molar-refractivity contribution >= 4 is 23.1 Å². The molecule has 84 valence electrons. The Morgan fingerprint density at radius 3 is 2.60 bits per heavy atom. The summed E-state index contributed by atoms with van der Waals surface area (Å²) in [7, 11) is 0. The molecule has 0 radical (unpaired) electrons. The van der Waals surface area contributed by atoms with Gasteiger partial charge in [-0.1, -0.05) is 19.1 Å². The van der Waals surface area contributed by atoms with Gasteiger partial charge in [-0.25, -0.2) is 0 Å². The maximum absolute atomic E-state index is 5.95. The summed E-state index contributed by atoms with van der Waals surface area (Å²) in [6.07, 6.45) is 0. The first-order valence-corrected chi connectivity index (χ1v) is 6.62. The molecule has 0 atom stereocenters. The zero-order valence-electron chi connectivity index (χ0n) is 9.57. The van der Waals surface area contributed by atoms with Crippen LogP contribution in [-0.4, -0.2) is 24.6 Å². The van der Waals surface area contributed by atoms with Gasteiger partial charge in [0.25, 0.3) is 0 Å². The average molecular weight is 224 g/mol. The van der Waals surface area contributed by atoms with Crippen molar-refractivity contribution in [3.63, 3.8) is 0 Å². The number of para-hydroxylation sites is 2. The summed E-state index contributed by atoms with van der Waals surface area (Å²) in [4.78, 5) is 2.33. The Labute approximate surface area is 96.8 Å². The largest absolute Gasteiger partial charge is 0.397 e. The molecule has 0 aliphatic carbocycles. The molecule has 1 rings (SSSR count). The van der Waals surface area contributed by atoms with Crippen molar-refractivity contribution in [2.24, 2.45) is 0 Å². The molecule has 1 aromatic carbocycles. The van der Waals surface area contributed by atoms with Gasteiger partial charge in [-0.15, -0.1) is 0 Å². The highest BCUT2D eigenvalue weighted by Gasteiger charge is 2.06. The van der Waals surface area contributed by atoms with Crippen LogP contribution in [0.25, 0.3) is 0 Å². The maximum atomic E-state index is 5.95. The number of hydrogen-bond acceptors (Lipinski definition) is 3. The third-order valence-corrected chi connectivity index (χ3v) is 3.25. The molecular formula is C12H20N2S. The zero-order valence-corrected chi connectivity index (χ0v) is 10.4. The minimum Gasteiger partial charge on any atom is -0.397 e. The summed E-state index contributed by atoms with van der Waals surface area (Å²) in [5, 5.41) is 0. The van der Waals surface area contributed by atoms with Crippen LogP contribution in [-0.2, 0) is 0 Å². The van der Waals surface area contributed by atoms with Gasteiger partial charge < -0.3 is 10.6 Å². The molecule has 2 nitrogen and oxygen atoms in total. The van der Waals surface area contributed by atoms with E-state index in [0.29, 0.717) is 0 Å².